The summed E-state index contributed by atoms with van der Waals surface area (Å²) in [5.41, 5.74) is -3.69. The maximum atomic E-state index is 15.1. The van der Waals surface area contributed by atoms with E-state index in [2.05, 4.69) is 4.90 Å². The first-order valence-corrected chi connectivity index (χ1v) is 17.7. The number of pyridine rings is 1. The summed E-state index contributed by atoms with van der Waals surface area (Å²) in [6.45, 7) is 0.387. The summed E-state index contributed by atoms with van der Waals surface area (Å²) in [7, 11) is 1.58. The molecule has 0 aliphatic carbocycles. The fraction of sp³-hybridized carbons (Fsp3) is 0.317. The minimum absolute atomic E-state index is 0.00603. The highest BCUT2D eigenvalue weighted by Crippen LogP contribution is 2.34. The van der Waals surface area contributed by atoms with E-state index in [9.17, 15) is 30.9 Å². The Morgan fingerprint density at radius 3 is 2.30 bits per heavy atom. The minimum Gasteiger partial charge on any atom is -0.383 e. The first-order valence-electron chi connectivity index (χ1n) is 19.4. The smallest absolute Gasteiger partial charge is 0.383 e. The number of thioether (sulfide) groups is 1. The van der Waals surface area contributed by atoms with E-state index in [1.807, 2.05) is 0 Å². The second-order valence-electron chi connectivity index (χ2n) is 12.6. The molecule has 5 aromatic rings. The van der Waals surface area contributed by atoms with Crippen LogP contribution in [0.3, 0.4) is 0 Å². The van der Waals surface area contributed by atoms with Crippen LogP contribution in [-0.4, -0.2) is 59.7 Å². The second kappa shape index (κ2) is 16.7. The van der Waals surface area contributed by atoms with Gasteiger partial charge in [0.05, 0.1) is 32.8 Å². The van der Waals surface area contributed by atoms with Crippen molar-refractivity contribution in [2.75, 3.05) is 33.4 Å². The zero-order valence-electron chi connectivity index (χ0n) is 33.9. The number of halogens is 5. The van der Waals surface area contributed by atoms with Crippen molar-refractivity contribution in [2.24, 2.45) is 0 Å². The van der Waals surface area contributed by atoms with Gasteiger partial charge in [-0.2, -0.15) is 13.2 Å². The SMILES string of the molecule is [2H]C([2H])(Sc1cc(=O)c2ccccc2n1C([2H])([2H])C(=O)N(C1CCN(CCOC)CC1)C([2H])(C)c1ccc(-c2ccc(C(F)(F)F)cc2)cc1)c1cccc(F)c1F. The molecular formula is C41H40F5N3O3S. The molecule has 1 aliphatic rings. The minimum atomic E-state index is -4.51. The number of alkyl halides is 3. The number of fused-ring (bicyclic) bond motifs is 1. The van der Waals surface area contributed by atoms with Crippen molar-refractivity contribution < 1.29 is 38.3 Å². The number of carbonyl (C=O) groups excluding carboxylic acids is 1. The van der Waals surface area contributed by atoms with Gasteiger partial charge in [-0.15, -0.1) is 11.8 Å². The number of amides is 1. The molecule has 2 heterocycles. The van der Waals surface area contributed by atoms with Crippen molar-refractivity contribution in [1.82, 2.24) is 14.4 Å². The average Bonchev–Trinajstić information content (AvgIpc) is 3.18. The number of nitrogens with zero attached hydrogens (tertiary/aromatic N) is 3. The summed E-state index contributed by atoms with van der Waals surface area (Å²) >= 11 is 0.234. The Morgan fingerprint density at radius 2 is 1.64 bits per heavy atom. The van der Waals surface area contributed by atoms with E-state index in [1.54, 1.807) is 37.4 Å². The second-order valence-corrected chi connectivity index (χ2v) is 13.4. The summed E-state index contributed by atoms with van der Waals surface area (Å²) in [6.07, 6.45) is -3.82. The van der Waals surface area contributed by atoms with Crippen LogP contribution in [0, 0.1) is 11.6 Å². The topological polar surface area (TPSA) is 54.8 Å². The lowest BCUT2D eigenvalue weighted by molar-refractivity contribution is -0.138. The van der Waals surface area contributed by atoms with E-state index in [1.165, 1.54) is 37.3 Å². The van der Waals surface area contributed by atoms with Gasteiger partial charge in [0, 0.05) is 58.2 Å². The number of para-hydroxylation sites is 1. The number of benzene rings is 4. The number of likely N-dealkylation sites (tertiary alicyclic amines) is 1. The van der Waals surface area contributed by atoms with Gasteiger partial charge in [0.15, 0.2) is 17.1 Å². The molecular weight excluding hydrogens is 710 g/mol. The molecule has 0 saturated carbocycles. The lowest BCUT2D eigenvalue weighted by Gasteiger charge is -2.42. The molecule has 1 saturated heterocycles. The van der Waals surface area contributed by atoms with Crippen molar-refractivity contribution in [3.05, 3.63) is 136 Å². The maximum Gasteiger partial charge on any atom is 0.416 e. The van der Waals surface area contributed by atoms with Crippen LogP contribution < -0.4 is 5.43 Å². The van der Waals surface area contributed by atoms with Crippen LogP contribution in [0.15, 0.2) is 107 Å². The van der Waals surface area contributed by atoms with Gasteiger partial charge in [-0.25, -0.2) is 8.78 Å². The average molecular weight is 755 g/mol. The molecule has 12 heteroatoms. The van der Waals surface area contributed by atoms with E-state index in [0.717, 1.165) is 45.9 Å². The molecule has 6 nitrogen and oxygen atoms in total. The van der Waals surface area contributed by atoms with Gasteiger partial charge in [-0.1, -0.05) is 60.7 Å². The highest BCUT2D eigenvalue weighted by Gasteiger charge is 2.33. The van der Waals surface area contributed by atoms with E-state index < -0.39 is 69.6 Å². The lowest BCUT2D eigenvalue weighted by Crippen LogP contribution is -2.49. The third kappa shape index (κ3) is 8.83. The fourth-order valence-electron chi connectivity index (χ4n) is 6.39. The zero-order valence-corrected chi connectivity index (χ0v) is 29.7. The molecule has 1 aromatic heterocycles. The van der Waals surface area contributed by atoms with Gasteiger partial charge in [-0.3, -0.25) is 9.59 Å². The quantitative estimate of drug-likeness (QED) is 0.0941. The molecule has 1 fully saturated rings. The fourth-order valence-corrected chi connectivity index (χ4v) is 7.16. The number of piperidine rings is 1. The third-order valence-corrected chi connectivity index (χ3v) is 10.1. The van der Waals surface area contributed by atoms with Crippen LogP contribution in [0.1, 0.15) is 49.3 Å². The third-order valence-electron chi connectivity index (χ3n) is 9.27. The van der Waals surface area contributed by atoms with Crippen LogP contribution >= 0.6 is 11.8 Å². The molecule has 1 aliphatic heterocycles. The van der Waals surface area contributed by atoms with E-state index in [4.69, 9.17) is 7.48 Å². The molecule has 1 atom stereocenters. The number of rotatable bonds is 12. The van der Waals surface area contributed by atoms with Crippen LogP contribution in [0.4, 0.5) is 22.0 Å². The van der Waals surface area contributed by atoms with Gasteiger partial charge in [0.25, 0.3) is 0 Å². The molecule has 1 amide bonds. The Kier molecular flexibility index (Phi) is 10.0. The van der Waals surface area contributed by atoms with Crippen LogP contribution in [0.2, 0.25) is 0 Å². The Labute approximate surface area is 316 Å². The van der Waals surface area contributed by atoms with E-state index >= 15 is 4.79 Å². The standard InChI is InChI=1S/C41H40F5N3O3S/c1-27(28-10-12-29(13-11-28)30-14-16-32(17-15-30)41(44,45)46)49(33-18-20-47(21-19-33)22-23-52-2)38(51)25-48-36-9-4-3-7-34(36)37(50)24-39(48)53-26-31-6-5-8-35(42)40(31)43/h3-17,24,27,33H,18-23,25-26H2,1-2H3/i25D2,26D2,27D. The zero-order chi connectivity index (χ0) is 42.2. The van der Waals surface area contributed by atoms with Crippen LogP contribution in [0.5, 0.6) is 0 Å². The van der Waals surface area contributed by atoms with Crippen molar-refractivity contribution in [2.45, 2.75) is 55.2 Å². The molecule has 278 valence electrons. The summed E-state index contributed by atoms with van der Waals surface area (Å²) < 4.78 is 121. The van der Waals surface area contributed by atoms with Gasteiger partial charge in [0.2, 0.25) is 5.91 Å². The molecule has 0 N–H and O–H groups in total. The lowest BCUT2D eigenvalue weighted by atomic mass is 9.96. The van der Waals surface area contributed by atoms with Crippen molar-refractivity contribution in [3.8, 4) is 11.1 Å². The van der Waals surface area contributed by atoms with Gasteiger partial charge >= 0.3 is 6.18 Å². The largest absolute Gasteiger partial charge is 0.416 e. The number of carbonyl (C=O) groups is 1. The first kappa shape index (κ1) is 32.0. The van der Waals surface area contributed by atoms with Gasteiger partial charge in [-0.05, 0) is 66.8 Å². The normalized spacial score (nSPS) is 17.3. The summed E-state index contributed by atoms with van der Waals surface area (Å²) in [6, 6.07) is 18.0. The summed E-state index contributed by atoms with van der Waals surface area (Å²) in [5.74, 6) is -3.96. The van der Waals surface area contributed by atoms with E-state index in [0.29, 0.717) is 50.2 Å². The molecule has 0 spiro atoms. The number of aromatic nitrogens is 1. The Balaban J connectivity index is 1.44. The summed E-state index contributed by atoms with van der Waals surface area (Å²) in [4.78, 5) is 31.9. The highest BCUT2D eigenvalue weighted by molar-refractivity contribution is 7.98. The van der Waals surface area contributed by atoms with Crippen LogP contribution in [-0.2, 0) is 27.9 Å². The van der Waals surface area contributed by atoms with E-state index in [-0.39, 0.29) is 28.2 Å². The Bertz CT molecular complexity index is 2340. The molecule has 1 unspecified atom stereocenters. The van der Waals surface area contributed by atoms with Crippen molar-refractivity contribution in [1.29, 1.82) is 0 Å². The van der Waals surface area contributed by atoms with Crippen molar-refractivity contribution in [3.63, 3.8) is 0 Å². The molecule has 0 bridgehead atoms. The Morgan fingerprint density at radius 1 is 0.981 bits per heavy atom. The maximum absolute atomic E-state index is 15.1. The van der Waals surface area contributed by atoms with Gasteiger partial charge < -0.3 is 19.1 Å². The monoisotopic (exact) mass is 754 g/mol. The molecule has 0 radical (unpaired) electrons. The Hall–Kier alpha value is -4.52. The number of hydrogen-bond acceptors (Lipinski definition) is 5. The molecule has 53 heavy (non-hydrogen) atoms. The molecule has 4 aromatic carbocycles. The molecule has 6 rings (SSSR count). The number of hydrogen-bond donors (Lipinski definition) is 0. The highest BCUT2D eigenvalue weighted by atomic mass is 32.2. The predicted octanol–water partition coefficient (Wildman–Crippen LogP) is 8.96. The predicted molar refractivity (Wildman–Crippen MR) is 198 cm³/mol. The van der Waals surface area contributed by atoms with Crippen LogP contribution in [0.25, 0.3) is 22.0 Å². The van der Waals surface area contributed by atoms with Crippen molar-refractivity contribution >= 4 is 28.6 Å². The number of ether oxygens (including phenoxy) is 1. The number of methoxy groups -OCH3 is 1. The first-order chi connectivity index (χ1) is 27.3. The summed E-state index contributed by atoms with van der Waals surface area (Å²) in [5, 5.41) is -0.385. The van der Waals surface area contributed by atoms with Gasteiger partial charge in [0.1, 0.15) is 6.50 Å².